The zero-order chi connectivity index (χ0) is 14.4. The normalized spacial score (nSPS) is 14.9. The maximum atomic E-state index is 6.07. The van der Waals surface area contributed by atoms with Gasteiger partial charge in [-0.15, -0.1) is 0 Å². The van der Waals surface area contributed by atoms with Crippen molar-refractivity contribution in [3.63, 3.8) is 0 Å². The van der Waals surface area contributed by atoms with Gasteiger partial charge in [0.05, 0.1) is 0 Å². The highest BCUT2D eigenvalue weighted by molar-refractivity contribution is 6.30. The van der Waals surface area contributed by atoms with Crippen LogP contribution >= 0.6 is 11.6 Å². The Morgan fingerprint density at radius 1 is 1.26 bits per heavy atom. The molecular weight excluding hydrogens is 256 g/mol. The van der Waals surface area contributed by atoms with Crippen LogP contribution in [-0.2, 0) is 0 Å². The maximum absolute atomic E-state index is 6.07. The van der Waals surface area contributed by atoms with E-state index in [4.69, 9.17) is 11.6 Å². The average molecular weight is 283 g/mol. The number of hydrogen-bond donors (Lipinski definition) is 1. The molecule has 2 unspecified atom stereocenters. The van der Waals surface area contributed by atoms with Crippen molar-refractivity contribution in [2.24, 2.45) is 5.92 Å². The molecule has 0 aliphatic carbocycles. The summed E-state index contributed by atoms with van der Waals surface area (Å²) in [6.07, 6.45) is 1.07. The summed E-state index contributed by atoms with van der Waals surface area (Å²) < 4.78 is 0. The van der Waals surface area contributed by atoms with E-state index in [1.54, 1.807) is 0 Å². The van der Waals surface area contributed by atoms with Crippen LogP contribution < -0.4 is 5.32 Å². The molecule has 0 saturated heterocycles. The Kier molecular flexibility index (Phi) is 6.84. The summed E-state index contributed by atoms with van der Waals surface area (Å²) in [7, 11) is 4.29. The zero-order valence-corrected chi connectivity index (χ0v) is 13.5. The first-order valence-electron chi connectivity index (χ1n) is 7.11. The van der Waals surface area contributed by atoms with Gasteiger partial charge in [-0.2, -0.15) is 0 Å². The molecule has 0 heterocycles. The Morgan fingerprint density at radius 2 is 1.95 bits per heavy atom. The molecule has 2 nitrogen and oxygen atoms in total. The molecule has 0 saturated carbocycles. The van der Waals surface area contributed by atoms with Crippen LogP contribution in [0, 0.1) is 5.92 Å². The quantitative estimate of drug-likeness (QED) is 0.814. The van der Waals surface area contributed by atoms with Crippen molar-refractivity contribution in [2.45, 2.75) is 39.3 Å². The molecule has 0 bridgehead atoms. The molecule has 1 aromatic carbocycles. The highest BCUT2D eigenvalue weighted by Gasteiger charge is 2.17. The largest absolute Gasteiger partial charge is 0.308 e. The minimum atomic E-state index is 0.375. The molecule has 0 fully saturated rings. The summed E-state index contributed by atoms with van der Waals surface area (Å²) in [6.45, 7) is 7.74. The van der Waals surface area contributed by atoms with E-state index in [0.29, 0.717) is 18.0 Å². The SMILES string of the molecule is CCC(NCC(C(C)C)N(C)C)c1cccc(Cl)c1. The Bertz CT molecular complexity index is 369. The van der Waals surface area contributed by atoms with E-state index in [2.05, 4.69) is 57.2 Å². The molecule has 108 valence electrons. The average Bonchev–Trinajstić information content (AvgIpc) is 2.33. The van der Waals surface area contributed by atoms with Crippen LogP contribution in [0.4, 0.5) is 0 Å². The maximum Gasteiger partial charge on any atom is 0.0409 e. The summed E-state index contributed by atoms with van der Waals surface area (Å²) in [4.78, 5) is 2.29. The lowest BCUT2D eigenvalue weighted by molar-refractivity contribution is 0.218. The molecular formula is C16H27ClN2. The molecule has 0 aliphatic heterocycles. The number of nitrogens with zero attached hydrogens (tertiary/aromatic N) is 1. The van der Waals surface area contributed by atoms with Gasteiger partial charge in [0.15, 0.2) is 0 Å². The summed E-state index contributed by atoms with van der Waals surface area (Å²) in [5.74, 6) is 0.638. The number of nitrogens with one attached hydrogen (secondary N) is 1. The summed E-state index contributed by atoms with van der Waals surface area (Å²) in [6, 6.07) is 9.08. The lowest BCUT2D eigenvalue weighted by Crippen LogP contribution is -2.42. The molecule has 3 heteroatoms. The van der Waals surface area contributed by atoms with Gasteiger partial charge in [0.2, 0.25) is 0 Å². The topological polar surface area (TPSA) is 15.3 Å². The molecule has 0 radical (unpaired) electrons. The fourth-order valence-electron chi connectivity index (χ4n) is 2.50. The van der Waals surface area contributed by atoms with Crippen molar-refractivity contribution >= 4 is 11.6 Å². The molecule has 0 aliphatic rings. The predicted molar refractivity (Wildman–Crippen MR) is 84.8 cm³/mol. The summed E-state index contributed by atoms with van der Waals surface area (Å²) in [5.41, 5.74) is 1.27. The third-order valence-electron chi connectivity index (χ3n) is 3.67. The Hall–Kier alpha value is -0.570. The van der Waals surface area contributed by atoms with Gasteiger partial charge >= 0.3 is 0 Å². The smallest absolute Gasteiger partial charge is 0.0409 e. The van der Waals surface area contributed by atoms with Gasteiger partial charge in [-0.05, 0) is 44.1 Å². The van der Waals surface area contributed by atoms with Crippen LogP contribution in [0.1, 0.15) is 38.8 Å². The number of benzene rings is 1. The third-order valence-corrected chi connectivity index (χ3v) is 3.90. The fourth-order valence-corrected chi connectivity index (χ4v) is 2.70. The van der Waals surface area contributed by atoms with Crippen LogP contribution in [0.3, 0.4) is 0 Å². The fraction of sp³-hybridized carbons (Fsp3) is 0.625. The van der Waals surface area contributed by atoms with E-state index in [1.165, 1.54) is 5.56 Å². The number of hydrogen-bond acceptors (Lipinski definition) is 2. The van der Waals surface area contributed by atoms with E-state index in [0.717, 1.165) is 18.0 Å². The lowest BCUT2D eigenvalue weighted by Gasteiger charge is -2.30. The standard InChI is InChI=1S/C16H27ClN2/c1-6-15(13-8-7-9-14(17)10-13)18-11-16(12(2)3)19(4)5/h7-10,12,15-16,18H,6,11H2,1-5H3. The van der Waals surface area contributed by atoms with E-state index in [-0.39, 0.29) is 0 Å². The second-order valence-corrected chi connectivity index (χ2v) is 6.14. The Labute approximate surface area is 123 Å². The number of likely N-dealkylation sites (N-methyl/N-ethyl adjacent to an activating group) is 1. The Balaban J connectivity index is 2.67. The van der Waals surface area contributed by atoms with Crippen molar-refractivity contribution in [3.8, 4) is 0 Å². The molecule has 19 heavy (non-hydrogen) atoms. The highest BCUT2D eigenvalue weighted by atomic mass is 35.5. The molecule has 0 aromatic heterocycles. The predicted octanol–water partition coefficient (Wildman–Crippen LogP) is 3.97. The van der Waals surface area contributed by atoms with Crippen molar-refractivity contribution in [3.05, 3.63) is 34.9 Å². The monoisotopic (exact) mass is 282 g/mol. The molecule has 1 N–H and O–H groups in total. The van der Waals surface area contributed by atoms with Crippen molar-refractivity contribution in [1.29, 1.82) is 0 Å². The van der Waals surface area contributed by atoms with Crippen LogP contribution in [0.2, 0.25) is 5.02 Å². The second-order valence-electron chi connectivity index (χ2n) is 5.70. The highest BCUT2D eigenvalue weighted by Crippen LogP contribution is 2.20. The van der Waals surface area contributed by atoms with E-state index in [9.17, 15) is 0 Å². The van der Waals surface area contributed by atoms with Crippen molar-refractivity contribution in [1.82, 2.24) is 10.2 Å². The van der Waals surface area contributed by atoms with Gasteiger partial charge in [0.25, 0.3) is 0 Å². The third kappa shape index (κ3) is 5.13. The van der Waals surface area contributed by atoms with Crippen LogP contribution in [0.25, 0.3) is 0 Å². The second kappa shape index (κ2) is 7.88. The first-order chi connectivity index (χ1) is 8.95. The molecule has 1 rings (SSSR count). The van der Waals surface area contributed by atoms with Gasteiger partial charge in [0.1, 0.15) is 0 Å². The van der Waals surface area contributed by atoms with Crippen LogP contribution in [0.15, 0.2) is 24.3 Å². The first kappa shape index (κ1) is 16.5. The van der Waals surface area contributed by atoms with Crippen LogP contribution in [-0.4, -0.2) is 31.6 Å². The lowest BCUT2D eigenvalue weighted by atomic mass is 10.0. The molecule has 2 atom stereocenters. The number of halogens is 1. The Morgan fingerprint density at radius 3 is 2.42 bits per heavy atom. The minimum absolute atomic E-state index is 0.375. The van der Waals surface area contributed by atoms with E-state index in [1.807, 2.05) is 12.1 Å². The molecule has 0 spiro atoms. The van der Waals surface area contributed by atoms with Gasteiger partial charge in [-0.25, -0.2) is 0 Å². The van der Waals surface area contributed by atoms with E-state index >= 15 is 0 Å². The van der Waals surface area contributed by atoms with Gasteiger partial charge in [-0.3, -0.25) is 0 Å². The summed E-state index contributed by atoms with van der Waals surface area (Å²) >= 11 is 6.07. The molecule has 1 aromatic rings. The van der Waals surface area contributed by atoms with Crippen molar-refractivity contribution in [2.75, 3.05) is 20.6 Å². The van der Waals surface area contributed by atoms with Gasteiger partial charge < -0.3 is 10.2 Å². The van der Waals surface area contributed by atoms with Gasteiger partial charge in [-0.1, -0.05) is 44.5 Å². The van der Waals surface area contributed by atoms with E-state index < -0.39 is 0 Å². The minimum Gasteiger partial charge on any atom is -0.308 e. The molecule has 0 amide bonds. The van der Waals surface area contributed by atoms with Crippen molar-refractivity contribution < 1.29 is 0 Å². The summed E-state index contributed by atoms with van der Waals surface area (Å²) in [5, 5.41) is 4.49. The first-order valence-corrected chi connectivity index (χ1v) is 7.48. The number of rotatable bonds is 7. The van der Waals surface area contributed by atoms with Crippen LogP contribution in [0.5, 0.6) is 0 Å². The van der Waals surface area contributed by atoms with Gasteiger partial charge in [0, 0.05) is 23.7 Å². The zero-order valence-electron chi connectivity index (χ0n) is 12.8.